The van der Waals surface area contributed by atoms with Gasteiger partial charge in [0.2, 0.25) is 0 Å². The average Bonchev–Trinajstić information content (AvgIpc) is 3.38. The number of nitriles is 1. The fourth-order valence-corrected chi connectivity index (χ4v) is 5.57. The van der Waals surface area contributed by atoms with E-state index in [1.165, 1.54) is 12.1 Å². The van der Waals surface area contributed by atoms with Crippen LogP contribution in [0.2, 0.25) is 5.02 Å². The molecule has 0 radical (unpaired) electrons. The SMILES string of the molecule is CN(C)C1(C(NC(=O)c2cccc(C(F)(F)F)c2Cl)c2ccc(-c3ccc(C#N)cc3)cc2)CCCC1. The Balaban J connectivity index is 1.71. The number of hydrogen-bond donors (Lipinski definition) is 1. The zero-order valence-electron chi connectivity index (χ0n) is 20.6. The van der Waals surface area contributed by atoms with Crippen LogP contribution in [0.3, 0.4) is 0 Å². The van der Waals surface area contributed by atoms with Gasteiger partial charge in [-0.15, -0.1) is 0 Å². The number of alkyl halides is 3. The first kappa shape index (κ1) is 26.7. The minimum absolute atomic E-state index is 0.206. The molecule has 8 heteroatoms. The second kappa shape index (κ2) is 10.6. The van der Waals surface area contributed by atoms with Gasteiger partial charge in [-0.2, -0.15) is 18.4 Å². The van der Waals surface area contributed by atoms with Gasteiger partial charge >= 0.3 is 6.18 Å². The van der Waals surface area contributed by atoms with E-state index in [9.17, 15) is 18.0 Å². The summed E-state index contributed by atoms with van der Waals surface area (Å²) in [6.45, 7) is 0. The monoisotopic (exact) mass is 525 g/mol. The quantitative estimate of drug-likeness (QED) is 0.369. The number of rotatable bonds is 6. The first-order valence-corrected chi connectivity index (χ1v) is 12.4. The van der Waals surface area contributed by atoms with E-state index in [1.54, 1.807) is 12.1 Å². The van der Waals surface area contributed by atoms with Gasteiger partial charge in [-0.05, 0) is 67.9 Å². The van der Waals surface area contributed by atoms with Crippen LogP contribution in [0.5, 0.6) is 0 Å². The number of carbonyl (C=O) groups is 1. The first-order valence-electron chi connectivity index (χ1n) is 12.0. The van der Waals surface area contributed by atoms with Crippen LogP contribution in [0.1, 0.15) is 58.8 Å². The Bertz CT molecular complexity index is 1310. The first-order chi connectivity index (χ1) is 17.6. The van der Waals surface area contributed by atoms with Crippen LogP contribution in [-0.2, 0) is 6.18 Å². The molecule has 4 rings (SSSR count). The summed E-state index contributed by atoms with van der Waals surface area (Å²) < 4.78 is 40.2. The van der Waals surface area contributed by atoms with Crippen molar-refractivity contribution in [1.29, 1.82) is 5.26 Å². The van der Waals surface area contributed by atoms with E-state index >= 15 is 0 Å². The van der Waals surface area contributed by atoms with E-state index in [0.29, 0.717) is 5.56 Å². The second-order valence-electron chi connectivity index (χ2n) is 9.59. The molecule has 37 heavy (non-hydrogen) atoms. The van der Waals surface area contributed by atoms with Gasteiger partial charge in [0.05, 0.1) is 33.8 Å². The fourth-order valence-electron chi connectivity index (χ4n) is 5.25. The zero-order chi connectivity index (χ0) is 26.8. The summed E-state index contributed by atoms with van der Waals surface area (Å²) in [5.74, 6) is -0.648. The van der Waals surface area contributed by atoms with Crippen molar-refractivity contribution in [3.8, 4) is 17.2 Å². The normalized spacial score (nSPS) is 15.8. The van der Waals surface area contributed by atoms with E-state index < -0.39 is 34.3 Å². The van der Waals surface area contributed by atoms with Crippen molar-refractivity contribution < 1.29 is 18.0 Å². The summed E-state index contributed by atoms with van der Waals surface area (Å²) in [5, 5.41) is 11.5. The van der Waals surface area contributed by atoms with Crippen LogP contribution in [0.25, 0.3) is 11.1 Å². The third kappa shape index (κ3) is 5.36. The molecule has 1 amide bonds. The van der Waals surface area contributed by atoms with Crippen LogP contribution in [0, 0.1) is 11.3 Å². The Morgan fingerprint density at radius 3 is 2.08 bits per heavy atom. The average molecular weight is 526 g/mol. The van der Waals surface area contributed by atoms with Crippen LogP contribution in [-0.4, -0.2) is 30.4 Å². The summed E-state index contributed by atoms with van der Waals surface area (Å²) in [6, 6.07) is 20.1. The van der Waals surface area contributed by atoms with Gasteiger partial charge in [0.25, 0.3) is 5.91 Å². The van der Waals surface area contributed by atoms with E-state index in [2.05, 4.69) is 16.3 Å². The summed E-state index contributed by atoms with van der Waals surface area (Å²) in [5.41, 5.74) is 1.68. The van der Waals surface area contributed by atoms with Gasteiger partial charge in [-0.1, -0.05) is 66.9 Å². The van der Waals surface area contributed by atoms with Gasteiger partial charge in [0, 0.05) is 5.54 Å². The van der Waals surface area contributed by atoms with Crippen molar-refractivity contribution in [2.75, 3.05) is 14.1 Å². The highest BCUT2D eigenvalue weighted by Gasteiger charge is 2.45. The fraction of sp³-hybridized carbons (Fsp3) is 0.310. The third-order valence-electron chi connectivity index (χ3n) is 7.31. The van der Waals surface area contributed by atoms with Gasteiger partial charge in [-0.3, -0.25) is 4.79 Å². The minimum atomic E-state index is -4.66. The molecule has 3 aromatic rings. The Morgan fingerprint density at radius 1 is 1.00 bits per heavy atom. The molecule has 0 aliphatic heterocycles. The number of nitrogens with zero attached hydrogens (tertiary/aromatic N) is 2. The smallest absolute Gasteiger partial charge is 0.343 e. The van der Waals surface area contributed by atoms with Crippen molar-refractivity contribution in [2.45, 2.75) is 43.4 Å². The highest BCUT2D eigenvalue weighted by molar-refractivity contribution is 6.34. The molecule has 1 aliphatic carbocycles. The maximum atomic E-state index is 13.4. The summed E-state index contributed by atoms with van der Waals surface area (Å²) in [6.07, 6.45) is -1.03. The molecule has 1 aliphatic rings. The molecule has 0 heterocycles. The largest absolute Gasteiger partial charge is 0.417 e. The molecule has 0 saturated heterocycles. The topological polar surface area (TPSA) is 56.1 Å². The maximum absolute atomic E-state index is 13.4. The molecule has 192 valence electrons. The molecule has 4 nitrogen and oxygen atoms in total. The van der Waals surface area contributed by atoms with E-state index in [4.69, 9.17) is 16.9 Å². The summed E-state index contributed by atoms with van der Waals surface area (Å²) >= 11 is 6.07. The van der Waals surface area contributed by atoms with E-state index in [-0.39, 0.29) is 5.56 Å². The lowest BCUT2D eigenvalue weighted by Crippen LogP contribution is -2.53. The second-order valence-corrected chi connectivity index (χ2v) is 9.97. The van der Waals surface area contributed by atoms with Crippen LogP contribution >= 0.6 is 11.6 Å². The Morgan fingerprint density at radius 2 is 1.57 bits per heavy atom. The predicted molar refractivity (Wildman–Crippen MR) is 138 cm³/mol. The van der Waals surface area contributed by atoms with Gasteiger partial charge in [0.1, 0.15) is 0 Å². The Hall–Kier alpha value is -3.34. The maximum Gasteiger partial charge on any atom is 0.417 e. The zero-order valence-corrected chi connectivity index (χ0v) is 21.3. The molecule has 0 bridgehead atoms. The number of amides is 1. The van der Waals surface area contributed by atoms with Crippen molar-refractivity contribution in [1.82, 2.24) is 10.2 Å². The standard InChI is InChI=1S/C29H27ClF3N3O/c1-36(2)28(16-3-4-17-28)26(35-27(37)23-6-5-7-24(25(23)30)29(31,32)33)22-14-12-21(13-15-22)20-10-8-19(18-34)9-11-20/h5-15,26H,3-4,16-17H2,1-2H3,(H,35,37). The number of nitrogens with one attached hydrogen (secondary N) is 1. The number of carbonyl (C=O) groups excluding carboxylic acids is 1. The Kier molecular flexibility index (Phi) is 7.63. The van der Waals surface area contributed by atoms with Crippen molar-refractivity contribution in [3.63, 3.8) is 0 Å². The number of halogens is 4. The molecule has 1 unspecified atom stereocenters. The lowest BCUT2D eigenvalue weighted by atomic mass is 9.81. The molecule has 0 spiro atoms. The lowest BCUT2D eigenvalue weighted by molar-refractivity contribution is -0.137. The number of benzene rings is 3. The highest BCUT2D eigenvalue weighted by Crippen LogP contribution is 2.44. The van der Waals surface area contributed by atoms with Crippen LogP contribution in [0.15, 0.2) is 66.7 Å². The van der Waals surface area contributed by atoms with Gasteiger partial charge in [0.15, 0.2) is 0 Å². The predicted octanol–water partition coefficient (Wildman–Crippen LogP) is 7.24. The van der Waals surface area contributed by atoms with Crippen molar-refractivity contribution in [2.24, 2.45) is 0 Å². The number of likely N-dealkylation sites (N-methyl/N-ethyl adjacent to an activating group) is 1. The highest BCUT2D eigenvalue weighted by atomic mass is 35.5. The molecule has 1 saturated carbocycles. The molecular formula is C29H27ClF3N3O. The van der Waals surface area contributed by atoms with Gasteiger partial charge < -0.3 is 10.2 Å². The summed E-state index contributed by atoms with van der Waals surface area (Å²) in [4.78, 5) is 15.5. The molecule has 3 aromatic carbocycles. The van der Waals surface area contributed by atoms with E-state index in [1.807, 2.05) is 50.5 Å². The third-order valence-corrected chi connectivity index (χ3v) is 7.72. The molecule has 1 fully saturated rings. The molecule has 0 aromatic heterocycles. The number of hydrogen-bond acceptors (Lipinski definition) is 3. The molecule has 1 N–H and O–H groups in total. The summed E-state index contributed by atoms with van der Waals surface area (Å²) in [7, 11) is 3.93. The molecule has 1 atom stereocenters. The van der Waals surface area contributed by atoms with Crippen LogP contribution in [0.4, 0.5) is 13.2 Å². The van der Waals surface area contributed by atoms with Crippen LogP contribution < -0.4 is 5.32 Å². The van der Waals surface area contributed by atoms with E-state index in [0.717, 1.165) is 48.4 Å². The van der Waals surface area contributed by atoms with Gasteiger partial charge in [-0.25, -0.2) is 0 Å². The van der Waals surface area contributed by atoms with Crippen molar-refractivity contribution >= 4 is 17.5 Å². The molecular weight excluding hydrogens is 499 g/mol. The minimum Gasteiger partial charge on any atom is -0.343 e. The Labute approximate surface area is 219 Å². The van der Waals surface area contributed by atoms with Crippen molar-refractivity contribution in [3.05, 3.63) is 94.0 Å². The lowest BCUT2D eigenvalue weighted by Gasteiger charge is -2.44.